The summed E-state index contributed by atoms with van der Waals surface area (Å²) in [6, 6.07) is 5.17. The maximum Gasteiger partial charge on any atom is 0.261 e. The molecule has 33 heavy (non-hydrogen) atoms. The number of tetrazole rings is 1. The summed E-state index contributed by atoms with van der Waals surface area (Å²) in [6.07, 6.45) is 4.80. The van der Waals surface area contributed by atoms with Gasteiger partial charge in [0.25, 0.3) is 5.56 Å². The van der Waals surface area contributed by atoms with Crippen molar-refractivity contribution >= 4 is 11.4 Å². The number of nitrogens with zero attached hydrogens (tertiary/aromatic N) is 5. The van der Waals surface area contributed by atoms with Crippen molar-refractivity contribution in [2.24, 2.45) is 0 Å². The van der Waals surface area contributed by atoms with Crippen LogP contribution in [0.5, 0.6) is 11.5 Å². The van der Waals surface area contributed by atoms with Gasteiger partial charge in [-0.1, -0.05) is 18.6 Å². The molecule has 2 N–H and O–H groups in total. The molecule has 0 aliphatic rings. The minimum Gasteiger partial charge on any atom is -0.507 e. The number of carbonyl (C=O) groups excluding carboxylic acids is 1. The number of aromatic hydroxyl groups is 1. The molecule has 170 valence electrons. The third kappa shape index (κ3) is 4.45. The Morgan fingerprint density at radius 3 is 2.79 bits per heavy atom. The van der Waals surface area contributed by atoms with Gasteiger partial charge in [0, 0.05) is 35.5 Å². The van der Waals surface area contributed by atoms with E-state index in [0.29, 0.717) is 34.8 Å². The zero-order valence-corrected chi connectivity index (χ0v) is 18.6. The van der Waals surface area contributed by atoms with Gasteiger partial charge in [0.15, 0.2) is 11.6 Å². The summed E-state index contributed by atoms with van der Waals surface area (Å²) in [5.74, 6) is 0.648. The van der Waals surface area contributed by atoms with Crippen molar-refractivity contribution in [3.63, 3.8) is 0 Å². The number of phenols is 1. The van der Waals surface area contributed by atoms with Gasteiger partial charge in [-0.15, -0.1) is 10.2 Å². The van der Waals surface area contributed by atoms with E-state index in [1.54, 1.807) is 18.3 Å². The Morgan fingerprint density at radius 2 is 2.09 bits per heavy atom. The number of Topliss-reactive ketones (excluding diaryl/α,β-unsaturated/α-hetero) is 1. The third-order valence-corrected chi connectivity index (χ3v) is 5.33. The molecule has 0 saturated carbocycles. The van der Waals surface area contributed by atoms with Gasteiger partial charge in [-0.2, -0.15) is 5.21 Å². The highest BCUT2D eigenvalue weighted by atomic mass is 16.5. The van der Waals surface area contributed by atoms with Crippen LogP contribution in [0.3, 0.4) is 0 Å². The fourth-order valence-electron chi connectivity index (χ4n) is 3.78. The summed E-state index contributed by atoms with van der Waals surface area (Å²) in [4.78, 5) is 29.3. The summed E-state index contributed by atoms with van der Waals surface area (Å²) in [6.45, 7) is 5.43. The van der Waals surface area contributed by atoms with Gasteiger partial charge >= 0.3 is 0 Å². The van der Waals surface area contributed by atoms with Gasteiger partial charge in [-0.3, -0.25) is 14.0 Å². The van der Waals surface area contributed by atoms with Crippen LogP contribution in [0, 0.1) is 6.92 Å². The van der Waals surface area contributed by atoms with E-state index in [9.17, 15) is 14.7 Å². The quantitative estimate of drug-likeness (QED) is 0.393. The highest BCUT2D eigenvalue weighted by molar-refractivity contribution is 5.97. The first-order valence-corrected chi connectivity index (χ1v) is 10.6. The number of phenolic OH excluding ortho intramolecular Hbond substituents is 1. The van der Waals surface area contributed by atoms with Crippen LogP contribution in [0.25, 0.3) is 5.65 Å². The number of ketones is 1. The van der Waals surface area contributed by atoms with Crippen LogP contribution in [0.1, 0.15) is 58.7 Å². The zero-order chi connectivity index (χ0) is 23.5. The van der Waals surface area contributed by atoms with Gasteiger partial charge in [0.1, 0.15) is 23.8 Å². The van der Waals surface area contributed by atoms with Crippen LogP contribution in [0.4, 0.5) is 0 Å². The number of fused-ring (bicyclic) bond motifs is 1. The Hall–Kier alpha value is -4.08. The molecule has 0 aliphatic carbocycles. The molecule has 1 aromatic carbocycles. The lowest BCUT2D eigenvalue weighted by Gasteiger charge is -2.16. The van der Waals surface area contributed by atoms with Crippen molar-refractivity contribution in [1.29, 1.82) is 0 Å². The summed E-state index contributed by atoms with van der Waals surface area (Å²) >= 11 is 0. The molecule has 0 atom stereocenters. The van der Waals surface area contributed by atoms with E-state index in [1.165, 1.54) is 17.5 Å². The van der Waals surface area contributed by atoms with Crippen molar-refractivity contribution in [2.45, 2.75) is 46.6 Å². The summed E-state index contributed by atoms with van der Waals surface area (Å²) in [7, 11) is 0. The molecule has 4 aromatic rings. The van der Waals surface area contributed by atoms with Crippen LogP contribution in [0.15, 0.2) is 35.4 Å². The minimum atomic E-state index is -0.218. The van der Waals surface area contributed by atoms with E-state index in [2.05, 4.69) is 25.6 Å². The largest absolute Gasteiger partial charge is 0.507 e. The molecule has 3 heterocycles. The maximum atomic E-state index is 13.0. The second kappa shape index (κ2) is 9.19. The van der Waals surface area contributed by atoms with E-state index in [0.717, 1.165) is 17.5 Å². The Balaban J connectivity index is 1.68. The number of rotatable bonds is 8. The normalized spacial score (nSPS) is 11.1. The third-order valence-electron chi connectivity index (χ3n) is 5.33. The lowest BCUT2D eigenvalue weighted by molar-refractivity contribution is 0.101. The number of aryl methyl sites for hydroxylation is 1. The van der Waals surface area contributed by atoms with Crippen molar-refractivity contribution < 1.29 is 14.6 Å². The monoisotopic (exact) mass is 448 g/mol. The van der Waals surface area contributed by atoms with Crippen molar-refractivity contribution in [3.05, 3.63) is 74.6 Å². The highest BCUT2D eigenvalue weighted by Crippen LogP contribution is 2.33. The smallest absolute Gasteiger partial charge is 0.261 e. The number of ether oxygens (including phenoxy) is 1. The number of pyridine rings is 1. The number of carbonyl (C=O) groups is 1. The fourth-order valence-corrected chi connectivity index (χ4v) is 3.78. The molecule has 0 unspecified atom stereocenters. The van der Waals surface area contributed by atoms with E-state index in [-0.39, 0.29) is 35.7 Å². The SMILES string of the molecule is CCCc1c(OCc2cc(C)cn3c(=O)c(Cc4nn[nH]n4)cnc23)ccc(C(C)=O)c1O. The van der Waals surface area contributed by atoms with Crippen LogP contribution in [0.2, 0.25) is 0 Å². The Labute approximate surface area is 189 Å². The van der Waals surface area contributed by atoms with Gasteiger partial charge in [0.05, 0.1) is 5.56 Å². The number of H-pyrrole nitrogens is 1. The number of benzene rings is 1. The maximum absolute atomic E-state index is 13.0. The Morgan fingerprint density at radius 1 is 1.27 bits per heavy atom. The van der Waals surface area contributed by atoms with Crippen molar-refractivity contribution in [2.75, 3.05) is 0 Å². The molecule has 0 spiro atoms. The average molecular weight is 448 g/mol. The van der Waals surface area contributed by atoms with Crippen LogP contribution < -0.4 is 10.3 Å². The lowest BCUT2D eigenvalue weighted by atomic mass is 10.0. The minimum absolute atomic E-state index is 0.0450. The molecule has 0 radical (unpaired) electrons. The van der Waals surface area contributed by atoms with E-state index >= 15 is 0 Å². The summed E-state index contributed by atoms with van der Waals surface area (Å²) in [5.41, 5.74) is 3.15. The van der Waals surface area contributed by atoms with Crippen LogP contribution in [-0.2, 0) is 19.4 Å². The zero-order valence-electron chi connectivity index (χ0n) is 18.6. The second-order valence-corrected chi connectivity index (χ2v) is 7.86. The van der Waals surface area contributed by atoms with E-state index in [1.807, 2.05) is 19.9 Å². The second-order valence-electron chi connectivity index (χ2n) is 7.86. The first kappa shape index (κ1) is 22.1. The summed E-state index contributed by atoms with van der Waals surface area (Å²) in [5, 5.41) is 24.3. The molecule has 0 amide bonds. The predicted molar refractivity (Wildman–Crippen MR) is 120 cm³/mol. The lowest BCUT2D eigenvalue weighted by Crippen LogP contribution is -2.21. The molecule has 0 fully saturated rings. The molecule has 0 saturated heterocycles. The molecule has 3 aromatic heterocycles. The van der Waals surface area contributed by atoms with Crippen molar-refractivity contribution in [1.82, 2.24) is 30.0 Å². The van der Waals surface area contributed by atoms with E-state index < -0.39 is 0 Å². The topological polar surface area (TPSA) is 135 Å². The van der Waals surface area contributed by atoms with Crippen molar-refractivity contribution in [3.8, 4) is 11.5 Å². The first-order chi connectivity index (χ1) is 15.9. The Bertz CT molecular complexity index is 1380. The standard InChI is InChI=1S/C23H24N6O4/c1-4-5-18-19(7-6-17(14(3)30)21(18)31)33-12-16-8-13(2)11-29-22(16)24-10-15(23(29)32)9-20-25-27-28-26-20/h6-8,10-11,31H,4-5,9,12H2,1-3H3,(H,25,26,27,28). The molecular weight excluding hydrogens is 424 g/mol. The molecule has 0 aliphatic heterocycles. The number of nitrogens with one attached hydrogen (secondary N) is 1. The number of hydrogen-bond donors (Lipinski definition) is 2. The number of aromatic amines is 1. The van der Waals surface area contributed by atoms with Crippen LogP contribution in [-0.4, -0.2) is 40.9 Å². The molecule has 4 rings (SSSR count). The van der Waals surface area contributed by atoms with Gasteiger partial charge in [-0.25, -0.2) is 4.98 Å². The predicted octanol–water partition coefficient (Wildman–Crippen LogP) is 2.55. The van der Waals surface area contributed by atoms with Gasteiger partial charge < -0.3 is 9.84 Å². The fraction of sp³-hybridized carbons (Fsp3) is 0.304. The molecule has 0 bridgehead atoms. The first-order valence-electron chi connectivity index (χ1n) is 10.6. The Kier molecular flexibility index (Phi) is 6.16. The number of aromatic nitrogens is 6. The summed E-state index contributed by atoms with van der Waals surface area (Å²) < 4.78 is 7.54. The van der Waals surface area contributed by atoms with Gasteiger partial charge in [-0.05, 0) is 44.0 Å². The molecule has 10 heteroatoms. The average Bonchev–Trinajstić information content (AvgIpc) is 3.29. The van der Waals surface area contributed by atoms with Gasteiger partial charge in [0.2, 0.25) is 0 Å². The number of hydrogen-bond acceptors (Lipinski definition) is 8. The van der Waals surface area contributed by atoms with Crippen LogP contribution >= 0.6 is 0 Å². The molecule has 10 nitrogen and oxygen atoms in total. The van der Waals surface area contributed by atoms with E-state index in [4.69, 9.17) is 4.74 Å². The molecular formula is C23H24N6O4. The highest BCUT2D eigenvalue weighted by Gasteiger charge is 2.17.